The highest BCUT2D eigenvalue weighted by molar-refractivity contribution is 7.92. The molecular formula is C20H22FN3O4S. The molecule has 154 valence electrons. The zero-order chi connectivity index (χ0) is 20.4. The number of carbonyl (C=O) groups excluding carboxylic acids is 1. The van der Waals surface area contributed by atoms with Crippen molar-refractivity contribution in [2.45, 2.75) is 19.4 Å². The maximum atomic E-state index is 15.1. The summed E-state index contributed by atoms with van der Waals surface area (Å²) in [5, 5.41) is 3.28. The summed E-state index contributed by atoms with van der Waals surface area (Å²) in [6.45, 7) is 1.47. The third-order valence-corrected chi connectivity index (χ3v) is 6.46. The third kappa shape index (κ3) is 4.35. The van der Waals surface area contributed by atoms with Crippen LogP contribution in [-0.2, 0) is 28.0 Å². The van der Waals surface area contributed by atoms with E-state index in [2.05, 4.69) is 5.32 Å². The minimum Gasteiger partial charge on any atom is -0.487 e. The molecule has 2 saturated heterocycles. The van der Waals surface area contributed by atoms with Crippen LogP contribution in [-0.4, -0.2) is 34.0 Å². The van der Waals surface area contributed by atoms with Gasteiger partial charge in [0, 0.05) is 0 Å². The molecule has 7 nitrogen and oxygen atoms in total. The number of carbonyl (C=O) groups is 1. The van der Waals surface area contributed by atoms with Gasteiger partial charge in [-0.1, -0.05) is 30.3 Å². The van der Waals surface area contributed by atoms with Gasteiger partial charge in [0.05, 0.1) is 0 Å². The maximum absolute atomic E-state index is 15.1. The Morgan fingerprint density at radius 3 is 2.62 bits per heavy atom. The number of nitrogens with zero attached hydrogens (tertiary/aromatic N) is 1. The fourth-order valence-corrected chi connectivity index (χ4v) is 4.87. The first-order chi connectivity index (χ1) is 13.9. The van der Waals surface area contributed by atoms with Gasteiger partial charge in [0.2, 0.25) is 0 Å². The zero-order valence-electron chi connectivity index (χ0n) is 15.7. The standard InChI is InChI=1S/C20H22FN3O4S/c21-17-9-16(8-15-6-7-22-11-15)10-18(28-13-14-4-2-1-3-5-14)20(17)24-12-19(25)23-29(24,26)27/h1-5,9-10,15,22H,6-8,11-13H2,(H,23,25). The van der Waals surface area contributed by atoms with E-state index in [0.29, 0.717) is 12.3 Å². The van der Waals surface area contributed by atoms with Crippen molar-refractivity contribution in [2.24, 2.45) is 5.92 Å². The quantitative estimate of drug-likeness (QED) is 0.745. The normalized spacial score (nSPS) is 20.7. The van der Waals surface area contributed by atoms with E-state index in [9.17, 15) is 13.2 Å². The van der Waals surface area contributed by atoms with E-state index in [0.717, 1.165) is 34.9 Å². The van der Waals surface area contributed by atoms with Crippen molar-refractivity contribution >= 4 is 21.8 Å². The predicted molar refractivity (Wildman–Crippen MR) is 106 cm³/mol. The molecule has 2 fully saturated rings. The van der Waals surface area contributed by atoms with E-state index in [4.69, 9.17) is 4.74 Å². The van der Waals surface area contributed by atoms with Gasteiger partial charge in [-0.25, -0.2) is 13.4 Å². The molecule has 2 aromatic rings. The largest absolute Gasteiger partial charge is 0.487 e. The van der Waals surface area contributed by atoms with Crippen LogP contribution in [0.25, 0.3) is 0 Å². The highest BCUT2D eigenvalue weighted by atomic mass is 32.2. The second-order valence-electron chi connectivity index (χ2n) is 7.30. The molecule has 0 aliphatic carbocycles. The lowest BCUT2D eigenvalue weighted by atomic mass is 9.98. The molecule has 2 heterocycles. The number of ether oxygens (including phenoxy) is 1. The molecule has 2 aliphatic rings. The Labute approximate surface area is 169 Å². The Morgan fingerprint density at radius 1 is 1.17 bits per heavy atom. The van der Waals surface area contributed by atoms with Crippen molar-refractivity contribution in [2.75, 3.05) is 23.9 Å². The molecule has 0 radical (unpaired) electrons. The van der Waals surface area contributed by atoms with Gasteiger partial charge in [0.1, 0.15) is 24.6 Å². The van der Waals surface area contributed by atoms with E-state index in [-0.39, 0.29) is 18.0 Å². The first-order valence-electron chi connectivity index (χ1n) is 9.45. The molecule has 0 bridgehead atoms. The molecule has 2 aliphatic heterocycles. The number of halogens is 1. The van der Waals surface area contributed by atoms with Crippen LogP contribution in [0.15, 0.2) is 42.5 Å². The number of nitrogens with one attached hydrogen (secondary N) is 2. The van der Waals surface area contributed by atoms with Gasteiger partial charge < -0.3 is 10.1 Å². The molecule has 1 unspecified atom stereocenters. The van der Waals surface area contributed by atoms with E-state index in [1.807, 2.05) is 35.1 Å². The summed E-state index contributed by atoms with van der Waals surface area (Å²) in [5.74, 6) is -0.938. The first kappa shape index (κ1) is 19.7. The van der Waals surface area contributed by atoms with Crippen LogP contribution in [0.5, 0.6) is 5.75 Å². The van der Waals surface area contributed by atoms with Crippen LogP contribution >= 0.6 is 0 Å². The van der Waals surface area contributed by atoms with E-state index in [1.54, 1.807) is 6.07 Å². The number of benzene rings is 2. The number of hydrogen-bond donors (Lipinski definition) is 2. The van der Waals surface area contributed by atoms with Gasteiger partial charge in [-0.05, 0) is 55.1 Å². The van der Waals surface area contributed by atoms with E-state index < -0.39 is 28.5 Å². The average Bonchev–Trinajstić information content (AvgIpc) is 3.27. The summed E-state index contributed by atoms with van der Waals surface area (Å²) in [5.41, 5.74) is 1.36. The lowest BCUT2D eigenvalue weighted by molar-refractivity contribution is -0.117. The molecule has 29 heavy (non-hydrogen) atoms. The van der Waals surface area contributed by atoms with Gasteiger partial charge >= 0.3 is 10.2 Å². The maximum Gasteiger partial charge on any atom is 0.326 e. The molecule has 0 aromatic heterocycles. The predicted octanol–water partition coefficient (Wildman–Crippen LogP) is 1.74. The Bertz CT molecular complexity index is 1010. The minimum absolute atomic E-state index is 0.106. The molecule has 0 spiro atoms. The Balaban J connectivity index is 1.68. The Kier molecular flexibility index (Phi) is 5.42. The Morgan fingerprint density at radius 2 is 1.97 bits per heavy atom. The number of amides is 1. The molecule has 1 atom stereocenters. The molecule has 2 aromatic carbocycles. The monoisotopic (exact) mass is 419 g/mol. The van der Waals surface area contributed by atoms with Crippen molar-refractivity contribution < 1.29 is 22.3 Å². The van der Waals surface area contributed by atoms with E-state index >= 15 is 4.39 Å². The van der Waals surface area contributed by atoms with Crippen LogP contribution in [0, 0.1) is 11.7 Å². The SMILES string of the molecule is O=C1CN(c2c(F)cc(CC3CCNC3)cc2OCc2ccccc2)S(=O)(=O)N1. The lowest BCUT2D eigenvalue weighted by Crippen LogP contribution is -2.30. The van der Waals surface area contributed by atoms with Crippen LogP contribution < -0.4 is 19.1 Å². The van der Waals surface area contributed by atoms with Gasteiger partial charge in [-0.3, -0.25) is 4.79 Å². The van der Waals surface area contributed by atoms with E-state index in [1.165, 1.54) is 6.07 Å². The number of rotatable bonds is 6. The van der Waals surface area contributed by atoms with Crippen molar-refractivity contribution in [3.8, 4) is 5.75 Å². The van der Waals surface area contributed by atoms with Crippen molar-refractivity contribution in [3.63, 3.8) is 0 Å². The first-order valence-corrected chi connectivity index (χ1v) is 10.9. The van der Waals surface area contributed by atoms with Gasteiger partial charge in [-0.2, -0.15) is 8.42 Å². The van der Waals surface area contributed by atoms with Crippen LogP contribution in [0.1, 0.15) is 17.5 Å². The van der Waals surface area contributed by atoms with Crippen LogP contribution in [0.3, 0.4) is 0 Å². The molecular weight excluding hydrogens is 397 g/mol. The highest BCUT2D eigenvalue weighted by Gasteiger charge is 2.38. The topological polar surface area (TPSA) is 87.7 Å². The second-order valence-corrected chi connectivity index (χ2v) is 8.89. The van der Waals surface area contributed by atoms with Crippen molar-refractivity contribution in [3.05, 3.63) is 59.4 Å². The summed E-state index contributed by atoms with van der Waals surface area (Å²) >= 11 is 0. The molecule has 9 heteroatoms. The molecule has 2 N–H and O–H groups in total. The van der Waals surface area contributed by atoms with Gasteiger partial charge in [0.25, 0.3) is 5.91 Å². The minimum atomic E-state index is -4.15. The average molecular weight is 419 g/mol. The smallest absolute Gasteiger partial charge is 0.326 e. The van der Waals surface area contributed by atoms with Gasteiger partial charge in [0.15, 0.2) is 5.82 Å². The fraction of sp³-hybridized carbons (Fsp3) is 0.350. The molecule has 0 saturated carbocycles. The summed E-state index contributed by atoms with van der Waals surface area (Å²) in [7, 11) is -4.15. The van der Waals surface area contributed by atoms with Crippen molar-refractivity contribution in [1.29, 1.82) is 0 Å². The van der Waals surface area contributed by atoms with Gasteiger partial charge in [-0.15, -0.1) is 0 Å². The van der Waals surface area contributed by atoms with Crippen LogP contribution in [0.4, 0.5) is 10.1 Å². The lowest BCUT2D eigenvalue weighted by Gasteiger charge is -2.21. The van der Waals surface area contributed by atoms with Crippen LogP contribution in [0.2, 0.25) is 0 Å². The molecule has 1 amide bonds. The fourth-order valence-electron chi connectivity index (χ4n) is 3.70. The number of anilines is 1. The summed E-state index contributed by atoms with van der Waals surface area (Å²) in [4.78, 5) is 11.6. The summed E-state index contributed by atoms with van der Waals surface area (Å²) in [6.07, 6.45) is 1.67. The summed E-state index contributed by atoms with van der Waals surface area (Å²) < 4.78 is 48.1. The highest BCUT2D eigenvalue weighted by Crippen LogP contribution is 2.37. The Hall–Kier alpha value is -2.65. The number of hydrogen-bond acceptors (Lipinski definition) is 5. The zero-order valence-corrected chi connectivity index (χ0v) is 16.5. The third-order valence-electron chi connectivity index (χ3n) is 5.08. The summed E-state index contributed by atoms with van der Waals surface area (Å²) in [6, 6.07) is 12.3. The van der Waals surface area contributed by atoms with Crippen molar-refractivity contribution in [1.82, 2.24) is 10.0 Å². The second kappa shape index (κ2) is 8.00. The molecule has 4 rings (SSSR count).